The number of carbonyl (C=O) groups is 1. The van der Waals surface area contributed by atoms with Gasteiger partial charge in [0, 0.05) is 38.3 Å². The highest BCUT2D eigenvalue weighted by molar-refractivity contribution is 5.75. The number of nitrogens with one attached hydrogen (secondary N) is 1. The van der Waals surface area contributed by atoms with Gasteiger partial charge in [0.15, 0.2) is 0 Å². The first-order valence-corrected chi connectivity index (χ1v) is 8.06. The fraction of sp³-hybridized carbons (Fsp3) is 0.933. The van der Waals surface area contributed by atoms with E-state index in [4.69, 9.17) is 4.74 Å². The summed E-state index contributed by atoms with van der Waals surface area (Å²) in [6.45, 7) is 5.81. The lowest BCUT2D eigenvalue weighted by Gasteiger charge is -2.37. The number of rotatable bonds is 6. The van der Waals surface area contributed by atoms with Crippen molar-refractivity contribution in [2.45, 2.75) is 50.2 Å². The van der Waals surface area contributed by atoms with Crippen LogP contribution in [0.25, 0.3) is 0 Å². The van der Waals surface area contributed by atoms with Gasteiger partial charge in [0.2, 0.25) is 0 Å². The average Bonchev–Trinajstić information content (AvgIpc) is 3.17. The fourth-order valence-corrected chi connectivity index (χ4v) is 3.52. The minimum absolute atomic E-state index is 0.101. The number of hydrogen-bond acceptors (Lipinski definition) is 5. The van der Waals surface area contributed by atoms with Crippen LogP contribution in [0.3, 0.4) is 0 Å². The molecule has 2 atom stereocenters. The van der Waals surface area contributed by atoms with Gasteiger partial charge in [-0.05, 0) is 38.6 Å². The Morgan fingerprint density at radius 2 is 2.15 bits per heavy atom. The summed E-state index contributed by atoms with van der Waals surface area (Å²) in [6, 6.07) is 1.19. The molecule has 0 bridgehead atoms. The summed E-state index contributed by atoms with van der Waals surface area (Å²) in [4.78, 5) is 17.0. The van der Waals surface area contributed by atoms with Crippen molar-refractivity contribution < 1.29 is 9.53 Å². The minimum atomic E-state index is -0.117. The Hall–Kier alpha value is -0.650. The standard InChI is InChI=1S/C15H27N3O2/c1-20-15(19)14(16-12-4-5-12)6-8-17-9-10-18-7-2-3-13(18)11-17/h12-14,16H,2-11H2,1H3. The number of hydrogen-bond donors (Lipinski definition) is 1. The molecule has 20 heavy (non-hydrogen) atoms. The van der Waals surface area contributed by atoms with Gasteiger partial charge in [-0.1, -0.05) is 0 Å². The van der Waals surface area contributed by atoms with Crippen molar-refractivity contribution in [3.63, 3.8) is 0 Å². The van der Waals surface area contributed by atoms with Crippen molar-refractivity contribution in [2.24, 2.45) is 0 Å². The summed E-state index contributed by atoms with van der Waals surface area (Å²) in [5, 5.41) is 3.42. The third-order valence-electron chi connectivity index (χ3n) is 4.91. The van der Waals surface area contributed by atoms with E-state index in [1.165, 1.54) is 52.4 Å². The van der Waals surface area contributed by atoms with Crippen LogP contribution in [-0.4, -0.2) is 73.7 Å². The lowest BCUT2D eigenvalue weighted by atomic mass is 10.1. The normalized spacial score (nSPS) is 29.1. The van der Waals surface area contributed by atoms with Crippen LogP contribution in [0.15, 0.2) is 0 Å². The monoisotopic (exact) mass is 281 g/mol. The second-order valence-electron chi connectivity index (χ2n) is 6.44. The van der Waals surface area contributed by atoms with Gasteiger partial charge in [-0.3, -0.25) is 9.69 Å². The molecule has 3 aliphatic rings. The molecular weight excluding hydrogens is 254 g/mol. The van der Waals surface area contributed by atoms with Crippen molar-refractivity contribution in [3.05, 3.63) is 0 Å². The number of esters is 1. The number of ether oxygens (including phenoxy) is 1. The number of carbonyl (C=O) groups excluding carboxylic acids is 1. The molecule has 1 aliphatic carbocycles. The number of fused-ring (bicyclic) bond motifs is 1. The molecule has 0 spiro atoms. The van der Waals surface area contributed by atoms with Gasteiger partial charge in [0.25, 0.3) is 0 Å². The SMILES string of the molecule is COC(=O)C(CCN1CCN2CCCC2C1)NC1CC1. The Morgan fingerprint density at radius 3 is 2.90 bits per heavy atom. The number of nitrogens with zero attached hydrogens (tertiary/aromatic N) is 2. The van der Waals surface area contributed by atoms with Crippen LogP contribution in [0, 0.1) is 0 Å². The van der Waals surface area contributed by atoms with Crippen LogP contribution in [-0.2, 0) is 9.53 Å². The van der Waals surface area contributed by atoms with E-state index in [0.29, 0.717) is 6.04 Å². The molecule has 5 nitrogen and oxygen atoms in total. The van der Waals surface area contributed by atoms with Crippen molar-refractivity contribution in [1.82, 2.24) is 15.1 Å². The van der Waals surface area contributed by atoms with E-state index in [9.17, 15) is 4.79 Å². The van der Waals surface area contributed by atoms with Crippen LogP contribution >= 0.6 is 0 Å². The average molecular weight is 281 g/mol. The molecule has 0 radical (unpaired) electrons. The Kier molecular flexibility index (Phi) is 4.58. The van der Waals surface area contributed by atoms with Gasteiger partial charge in [0.1, 0.15) is 6.04 Å². The number of methoxy groups -OCH3 is 1. The van der Waals surface area contributed by atoms with Gasteiger partial charge in [-0.2, -0.15) is 0 Å². The molecule has 0 aromatic carbocycles. The highest BCUT2D eigenvalue weighted by atomic mass is 16.5. The molecule has 1 saturated carbocycles. The van der Waals surface area contributed by atoms with Gasteiger partial charge in [0.05, 0.1) is 7.11 Å². The summed E-state index contributed by atoms with van der Waals surface area (Å²) in [5.41, 5.74) is 0. The third kappa shape index (κ3) is 3.51. The maximum atomic E-state index is 11.8. The molecular formula is C15H27N3O2. The van der Waals surface area contributed by atoms with E-state index in [1.807, 2.05) is 0 Å². The van der Waals surface area contributed by atoms with Gasteiger partial charge < -0.3 is 15.0 Å². The Balaban J connectivity index is 1.45. The quantitative estimate of drug-likeness (QED) is 0.716. The lowest BCUT2D eigenvalue weighted by molar-refractivity contribution is -0.143. The van der Waals surface area contributed by atoms with E-state index < -0.39 is 0 Å². The molecule has 0 amide bonds. The van der Waals surface area contributed by atoms with Crippen LogP contribution in [0.5, 0.6) is 0 Å². The predicted molar refractivity (Wildman–Crippen MR) is 77.6 cm³/mol. The van der Waals surface area contributed by atoms with Crippen LogP contribution in [0.1, 0.15) is 32.1 Å². The van der Waals surface area contributed by atoms with Crippen molar-refractivity contribution in [3.8, 4) is 0 Å². The Bertz CT molecular complexity index is 346. The van der Waals surface area contributed by atoms with Crippen LogP contribution < -0.4 is 5.32 Å². The van der Waals surface area contributed by atoms with Crippen LogP contribution in [0.4, 0.5) is 0 Å². The zero-order valence-electron chi connectivity index (χ0n) is 12.5. The second-order valence-corrected chi connectivity index (χ2v) is 6.44. The molecule has 0 aromatic rings. The second kappa shape index (κ2) is 6.41. The zero-order valence-corrected chi connectivity index (χ0v) is 12.5. The first kappa shape index (κ1) is 14.3. The molecule has 3 fully saturated rings. The minimum Gasteiger partial charge on any atom is -0.468 e. The molecule has 0 aromatic heterocycles. The van der Waals surface area contributed by atoms with Crippen molar-refractivity contribution >= 4 is 5.97 Å². The van der Waals surface area contributed by atoms with Crippen molar-refractivity contribution in [2.75, 3.05) is 39.8 Å². The maximum absolute atomic E-state index is 11.8. The number of piperazine rings is 1. The van der Waals surface area contributed by atoms with E-state index in [2.05, 4.69) is 15.1 Å². The topological polar surface area (TPSA) is 44.8 Å². The maximum Gasteiger partial charge on any atom is 0.322 e. The Morgan fingerprint density at radius 1 is 1.30 bits per heavy atom. The zero-order chi connectivity index (χ0) is 13.9. The first-order chi connectivity index (χ1) is 9.76. The van der Waals surface area contributed by atoms with E-state index in [0.717, 1.165) is 25.6 Å². The molecule has 3 rings (SSSR count). The molecule has 2 unspecified atom stereocenters. The molecule has 2 saturated heterocycles. The summed E-state index contributed by atoms with van der Waals surface area (Å²) < 4.78 is 4.92. The predicted octanol–water partition coefficient (Wildman–Crippen LogP) is 0.450. The van der Waals surface area contributed by atoms with E-state index >= 15 is 0 Å². The Labute approximate surface area is 121 Å². The summed E-state index contributed by atoms with van der Waals surface area (Å²) in [5.74, 6) is -0.101. The first-order valence-electron chi connectivity index (χ1n) is 8.06. The smallest absolute Gasteiger partial charge is 0.322 e. The molecule has 2 heterocycles. The van der Waals surface area contributed by atoms with Gasteiger partial charge in [-0.15, -0.1) is 0 Å². The molecule has 114 valence electrons. The van der Waals surface area contributed by atoms with Gasteiger partial charge >= 0.3 is 5.97 Å². The lowest BCUT2D eigenvalue weighted by Crippen LogP contribution is -2.51. The summed E-state index contributed by atoms with van der Waals surface area (Å²) in [7, 11) is 1.49. The van der Waals surface area contributed by atoms with Gasteiger partial charge in [-0.25, -0.2) is 0 Å². The van der Waals surface area contributed by atoms with Crippen LogP contribution in [0.2, 0.25) is 0 Å². The fourth-order valence-electron chi connectivity index (χ4n) is 3.52. The molecule has 2 aliphatic heterocycles. The largest absolute Gasteiger partial charge is 0.468 e. The molecule has 5 heteroatoms. The van der Waals surface area contributed by atoms with E-state index in [1.54, 1.807) is 0 Å². The highest BCUT2D eigenvalue weighted by Gasteiger charge is 2.32. The van der Waals surface area contributed by atoms with E-state index in [-0.39, 0.29) is 12.0 Å². The summed E-state index contributed by atoms with van der Waals surface area (Å²) in [6.07, 6.45) is 5.97. The summed E-state index contributed by atoms with van der Waals surface area (Å²) >= 11 is 0. The molecule has 1 N–H and O–H groups in total. The third-order valence-corrected chi connectivity index (χ3v) is 4.91. The van der Waals surface area contributed by atoms with Crippen molar-refractivity contribution in [1.29, 1.82) is 0 Å². The highest BCUT2D eigenvalue weighted by Crippen LogP contribution is 2.22.